The topological polar surface area (TPSA) is 47.6 Å². The van der Waals surface area contributed by atoms with Gasteiger partial charge in [0.15, 0.2) is 5.11 Å². The van der Waals surface area contributed by atoms with Crippen LogP contribution in [0.3, 0.4) is 0 Å². The Labute approximate surface area is 162 Å². The molecule has 0 bridgehead atoms. The zero-order valence-electron chi connectivity index (χ0n) is 15.1. The molecule has 5 nitrogen and oxygen atoms in total. The molecular weight excluding hydrogens is 377 g/mol. The summed E-state index contributed by atoms with van der Waals surface area (Å²) < 4.78 is 39.0. The van der Waals surface area contributed by atoms with Gasteiger partial charge in [-0.05, 0) is 31.3 Å². The second-order valence-corrected chi connectivity index (χ2v) is 6.86. The SMILES string of the molecule is C=C(C)CNC(=S)N1CCN(CC(=O)Nc2ccccc2C(F)(F)F)CC1. The van der Waals surface area contributed by atoms with Crippen LogP contribution >= 0.6 is 12.2 Å². The molecule has 2 N–H and O–H groups in total. The van der Waals surface area contributed by atoms with Gasteiger partial charge < -0.3 is 15.5 Å². The average Bonchev–Trinajstić information content (AvgIpc) is 2.59. The Kier molecular flexibility index (Phi) is 7.20. The molecule has 148 valence electrons. The van der Waals surface area contributed by atoms with E-state index >= 15 is 0 Å². The summed E-state index contributed by atoms with van der Waals surface area (Å²) >= 11 is 5.32. The van der Waals surface area contributed by atoms with E-state index < -0.39 is 17.6 Å². The van der Waals surface area contributed by atoms with Crippen LogP contribution in [0.15, 0.2) is 36.4 Å². The number of rotatable bonds is 5. The van der Waals surface area contributed by atoms with Gasteiger partial charge in [0, 0.05) is 32.7 Å². The summed E-state index contributed by atoms with van der Waals surface area (Å²) in [6.07, 6.45) is -4.51. The Hall–Kier alpha value is -2.13. The van der Waals surface area contributed by atoms with Crippen LogP contribution in [0.4, 0.5) is 18.9 Å². The minimum atomic E-state index is -4.51. The van der Waals surface area contributed by atoms with Crippen molar-refractivity contribution in [2.24, 2.45) is 0 Å². The molecule has 0 saturated carbocycles. The van der Waals surface area contributed by atoms with Gasteiger partial charge in [-0.3, -0.25) is 9.69 Å². The van der Waals surface area contributed by atoms with E-state index in [-0.39, 0.29) is 12.2 Å². The fourth-order valence-corrected chi connectivity index (χ4v) is 2.93. The lowest BCUT2D eigenvalue weighted by molar-refractivity contribution is -0.137. The Morgan fingerprint density at radius 1 is 1.22 bits per heavy atom. The van der Waals surface area contributed by atoms with Crippen LogP contribution in [0.5, 0.6) is 0 Å². The van der Waals surface area contributed by atoms with Crippen LogP contribution in [0.2, 0.25) is 0 Å². The number of nitrogens with one attached hydrogen (secondary N) is 2. The number of nitrogens with zero attached hydrogens (tertiary/aromatic N) is 2. The van der Waals surface area contributed by atoms with E-state index in [0.717, 1.165) is 11.6 Å². The Bertz CT molecular complexity index is 700. The van der Waals surface area contributed by atoms with Crippen molar-refractivity contribution in [1.29, 1.82) is 0 Å². The van der Waals surface area contributed by atoms with Gasteiger partial charge in [-0.1, -0.05) is 24.3 Å². The minimum absolute atomic E-state index is 0.0337. The number of halogens is 3. The molecule has 1 aliphatic rings. The van der Waals surface area contributed by atoms with Crippen molar-refractivity contribution in [1.82, 2.24) is 15.1 Å². The predicted octanol–water partition coefficient (Wildman–Crippen LogP) is 2.71. The molecule has 9 heteroatoms. The van der Waals surface area contributed by atoms with E-state index in [4.69, 9.17) is 12.2 Å². The molecule has 1 heterocycles. The molecule has 1 fully saturated rings. The van der Waals surface area contributed by atoms with Crippen LogP contribution < -0.4 is 10.6 Å². The van der Waals surface area contributed by atoms with Crippen LogP contribution in [0.25, 0.3) is 0 Å². The molecule has 27 heavy (non-hydrogen) atoms. The zero-order valence-corrected chi connectivity index (χ0v) is 15.9. The number of carbonyl (C=O) groups is 1. The highest BCUT2D eigenvalue weighted by Gasteiger charge is 2.33. The van der Waals surface area contributed by atoms with Gasteiger partial charge in [-0.2, -0.15) is 13.2 Å². The van der Waals surface area contributed by atoms with E-state index in [1.54, 1.807) is 0 Å². The second-order valence-electron chi connectivity index (χ2n) is 6.47. The van der Waals surface area contributed by atoms with Crippen molar-refractivity contribution in [3.05, 3.63) is 42.0 Å². The molecule has 0 aliphatic carbocycles. The summed E-state index contributed by atoms with van der Waals surface area (Å²) in [7, 11) is 0. The molecule has 1 aromatic carbocycles. The van der Waals surface area contributed by atoms with Gasteiger partial charge in [0.2, 0.25) is 5.91 Å². The normalized spacial score (nSPS) is 15.3. The number of hydrogen-bond donors (Lipinski definition) is 2. The van der Waals surface area contributed by atoms with Crippen molar-refractivity contribution in [3.8, 4) is 0 Å². The third-order valence-electron chi connectivity index (χ3n) is 4.07. The summed E-state index contributed by atoms with van der Waals surface area (Å²) in [5.74, 6) is -0.469. The van der Waals surface area contributed by atoms with Gasteiger partial charge in [-0.25, -0.2) is 0 Å². The van der Waals surface area contributed by atoms with Crippen LogP contribution in [0, 0.1) is 0 Å². The molecule has 2 rings (SSSR count). The van der Waals surface area contributed by atoms with Crippen molar-refractivity contribution < 1.29 is 18.0 Å². The third kappa shape index (κ3) is 6.51. The fourth-order valence-electron chi connectivity index (χ4n) is 2.68. The van der Waals surface area contributed by atoms with E-state index in [1.165, 1.54) is 18.2 Å². The van der Waals surface area contributed by atoms with E-state index in [2.05, 4.69) is 17.2 Å². The number of alkyl halides is 3. The third-order valence-corrected chi connectivity index (χ3v) is 4.48. The second kappa shape index (κ2) is 9.18. The van der Waals surface area contributed by atoms with Gasteiger partial charge in [0.05, 0.1) is 17.8 Å². The number of piperazine rings is 1. The smallest absolute Gasteiger partial charge is 0.359 e. The number of benzene rings is 1. The maximum atomic E-state index is 13.0. The van der Waals surface area contributed by atoms with E-state index in [1.807, 2.05) is 16.7 Å². The molecule has 0 aromatic heterocycles. The van der Waals surface area contributed by atoms with Gasteiger partial charge >= 0.3 is 6.18 Å². The first-order valence-corrected chi connectivity index (χ1v) is 8.93. The first kappa shape index (κ1) is 21.2. The number of amides is 1. The lowest BCUT2D eigenvalue weighted by Crippen LogP contribution is -2.53. The molecule has 0 radical (unpaired) electrons. The monoisotopic (exact) mass is 400 g/mol. The largest absolute Gasteiger partial charge is 0.418 e. The predicted molar refractivity (Wildman–Crippen MR) is 104 cm³/mol. The van der Waals surface area contributed by atoms with Crippen molar-refractivity contribution in [2.45, 2.75) is 13.1 Å². The Morgan fingerprint density at radius 2 is 1.85 bits per heavy atom. The number of thiocarbonyl (C=S) groups is 1. The highest BCUT2D eigenvalue weighted by Crippen LogP contribution is 2.34. The first-order valence-electron chi connectivity index (χ1n) is 8.52. The zero-order chi connectivity index (χ0) is 20.0. The molecular formula is C18H23F3N4OS. The number of hydrogen-bond acceptors (Lipinski definition) is 3. The van der Waals surface area contributed by atoms with Crippen LogP contribution in [-0.4, -0.2) is 60.1 Å². The maximum absolute atomic E-state index is 13.0. The lowest BCUT2D eigenvalue weighted by atomic mass is 10.1. The van der Waals surface area contributed by atoms with Crippen molar-refractivity contribution in [3.63, 3.8) is 0 Å². The highest BCUT2D eigenvalue weighted by atomic mass is 32.1. The highest BCUT2D eigenvalue weighted by molar-refractivity contribution is 7.80. The number of anilines is 1. The number of carbonyl (C=O) groups excluding carboxylic acids is 1. The van der Waals surface area contributed by atoms with Gasteiger partial charge in [0.25, 0.3) is 0 Å². The molecule has 1 aliphatic heterocycles. The number of para-hydroxylation sites is 1. The summed E-state index contributed by atoms with van der Waals surface area (Å²) in [4.78, 5) is 16.1. The average molecular weight is 400 g/mol. The lowest BCUT2D eigenvalue weighted by Gasteiger charge is -2.35. The van der Waals surface area contributed by atoms with Crippen LogP contribution in [-0.2, 0) is 11.0 Å². The fraction of sp³-hybridized carbons (Fsp3) is 0.444. The van der Waals surface area contributed by atoms with Crippen molar-refractivity contribution in [2.75, 3.05) is 44.6 Å². The molecule has 1 amide bonds. The summed E-state index contributed by atoms with van der Waals surface area (Å²) in [6.45, 7) is 8.86. The summed E-state index contributed by atoms with van der Waals surface area (Å²) in [5, 5.41) is 6.12. The van der Waals surface area contributed by atoms with Gasteiger partial charge in [-0.15, -0.1) is 0 Å². The van der Waals surface area contributed by atoms with E-state index in [0.29, 0.717) is 37.8 Å². The molecule has 0 unspecified atom stereocenters. The van der Waals surface area contributed by atoms with Gasteiger partial charge in [0.1, 0.15) is 0 Å². The Balaban J connectivity index is 1.83. The molecule has 1 saturated heterocycles. The molecule has 0 spiro atoms. The van der Waals surface area contributed by atoms with Crippen LogP contribution in [0.1, 0.15) is 12.5 Å². The minimum Gasteiger partial charge on any atom is -0.359 e. The van der Waals surface area contributed by atoms with E-state index in [9.17, 15) is 18.0 Å². The first-order chi connectivity index (χ1) is 12.7. The maximum Gasteiger partial charge on any atom is 0.418 e. The van der Waals surface area contributed by atoms with Crippen molar-refractivity contribution >= 4 is 28.9 Å². The summed E-state index contributed by atoms with van der Waals surface area (Å²) in [5.41, 5.74) is -0.0947. The summed E-state index contributed by atoms with van der Waals surface area (Å²) in [6, 6.07) is 4.96. The molecule has 1 aromatic rings. The quantitative estimate of drug-likeness (QED) is 0.588. The Morgan fingerprint density at radius 3 is 2.44 bits per heavy atom. The standard InChI is InChI=1S/C18H23F3N4OS/c1-13(2)11-22-17(27)25-9-7-24(8-10-25)12-16(26)23-15-6-4-3-5-14(15)18(19,20)21/h3-6H,1,7-12H2,2H3,(H,22,27)(H,23,26). The molecule has 0 atom stereocenters.